The highest BCUT2D eigenvalue weighted by atomic mass is 16.7. The van der Waals surface area contributed by atoms with Gasteiger partial charge in [-0.1, -0.05) is 332 Å². The lowest BCUT2D eigenvalue weighted by atomic mass is 9.99. The number of hydrogen-bond acceptors (Lipinski definition) is 10. The first-order valence-corrected chi connectivity index (χ1v) is 35.1. The molecule has 1 rings (SSSR count). The molecule has 1 fully saturated rings. The van der Waals surface area contributed by atoms with E-state index in [0.717, 1.165) is 77.0 Å². The summed E-state index contributed by atoms with van der Waals surface area (Å²) in [7, 11) is 0. The highest BCUT2D eigenvalue weighted by molar-refractivity contribution is 5.80. The zero-order chi connectivity index (χ0) is 60.3. The second kappa shape index (κ2) is 59.7. The molecule has 1 saturated heterocycles. The Bertz CT molecular complexity index is 1580. The van der Waals surface area contributed by atoms with Crippen molar-refractivity contribution < 1.29 is 49.3 Å². The summed E-state index contributed by atoms with van der Waals surface area (Å²) in [6.07, 6.45) is 65.6. The molecule has 0 radical (unpaired) electrons. The average molecular weight is 1170 g/mol. The number of aliphatic hydroxyl groups is 5. The second-order valence-corrected chi connectivity index (χ2v) is 24.3. The molecule has 0 aliphatic carbocycles. The summed E-state index contributed by atoms with van der Waals surface area (Å²) >= 11 is 0. The number of amides is 1. The summed E-state index contributed by atoms with van der Waals surface area (Å²) in [6.45, 7) is 5.68. The molecular weight excluding hydrogens is 1040 g/mol. The van der Waals surface area contributed by atoms with Gasteiger partial charge in [-0.2, -0.15) is 0 Å². The van der Waals surface area contributed by atoms with Crippen LogP contribution in [0.3, 0.4) is 0 Å². The zero-order valence-electron chi connectivity index (χ0n) is 53.8. The van der Waals surface area contributed by atoms with Crippen LogP contribution in [0.15, 0.2) is 60.8 Å². The Labute approximate surface area is 509 Å². The lowest BCUT2D eigenvalue weighted by molar-refractivity contribution is -0.305. The second-order valence-electron chi connectivity index (χ2n) is 24.3. The predicted octanol–water partition coefficient (Wildman–Crippen LogP) is 17.7. The molecule has 0 spiro atoms. The molecule has 6 N–H and O–H groups in total. The lowest BCUT2D eigenvalue weighted by Gasteiger charge is -2.41. The van der Waals surface area contributed by atoms with Gasteiger partial charge in [-0.05, 0) is 44.9 Å². The molecule has 8 atom stereocenters. The summed E-state index contributed by atoms with van der Waals surface area (Å²) in [5.41, 5.74) is 0. The van der Waals surface area contributed by atoms with Gasteiger partial charge in [0, 0.05) is 6.42 Å². The zero-order valence-corrected chi connectivity index (χ0v) is 53.8. The van der Waals surface area contributed by atoms with E-state index in [9.17, 15) is 35.1 Å². The Morgan fingerprint density at radius 2 is 0.867 bits per heavy atom. The van der Waals surface area contributed by atoms with E-state index < -0.39 is 67.4 Å². The number of carbonyl (C=O) groups is 2. The van der Waals surface area contributed by atoms with Gasteiger partial charge in [0.05, 0.1) is 25.4 Å². The number of allylic oxidation sites excluding steroid dienone is 9. The van der Waals surface area contributed by atoms with Crippen LogP contribution in [0, 0.1) is 0 Å². The molecule has 11 heteroatoms. The third-order valence-electron chi connectivity index (χ3n) is 16.5. The van der Waals surface area contributed by atoms with Crippen molar-refractivity contribution in [3.63, 3.8) is 0 Å². The molecule has 1 aliphatic heterocycles. The number of rotatable bonds is 60. The minimum Gasteiger partial charge on any atom is -0.454 e. The summed E-state index contributed by atoms with van der Waals surface area (Å²) in [4.78, 5) is 26.6. The normalized spacial score (nSPS) is 18.9. The summed E-state index contributed by atoms with van der Waals surface area (Å²) in [6, 6.07) is -1.03. The molecular formula is C72H131NO10. The van der Waals surface area contributed by atoms with E-state index in [1.807, 2.05) is 36.5 Å². The quantitative estimate of drug-likeness (QED) is 0.0149. The van der Waals surface area contributed by atoms with Crippen LogP contribution < -0.4 is 5.32 Å². The summed E-state index contributed by atoms with van der Waals surface area (Å²) < 4.78 is 17.6. The van der Waals surface area contributed by atoms with Gasteiger partial charge in [-0.15, -0.1) is 0 Å². The van der Waals surface area contributed by atoms with Gasteiger partial charge in [0.1, 0.15) is 24.4 Å². The molecule has 1 amide bonds. The third kappa shape index (κ3) is 47.2. The van der Waals surface area contributed by atoms with Crippen LogP contribution in [0.25, 0.3) is 0 Å². The molecule has 0 aromatic heterocycles. The van der Waals surface area contributed by atoms with Gasteiger partial charge in [0.15, 0.2) is 12.4 Å². The van der Waals surface area contributed by atoms with E-state index in [1.165, 1.54) is 199 Å². The molecule has 484 valence electrons. The molecule has 0 aromatic carbocycles. The van der Waals surface area contributed by atoms with Crippen molar-refractivity contribution in [3.05, 3.63) is 60.8 Å². The largest absolute Gasteiger partial charge is 0.454 e. The Balaban J connectivity index is 2.56. The van der Waals surface area contributed by atoms with E-state index in [4.69, 9.17) is 14.2 Å². The van der Waals surface area contributed by atoms with E-state index in [0.29, 0.717) is 19.3 Å². The number of esters is 1. The fraction of sp³-hybridized carbons (Fsp3) is 0.833. The van der Waals surface area contributed by atoms with Gasteiger partial charge in [0.2, 0.25) is 5.91 Å². The van der Waals surface area contributed by atoms with Crippen molar-refractivity contribution in [2.45, 2.75) is 372 Å². The molecule has 0 aromatic rings. The standard InChI is InChI=1S/C72H131NO10/c1-4-7-10-13-16-19-22-25-27-28-29-30-31-32-33-34-35-36-37-39-41-44-47-50-53-56-59-65(76)71(80)73-63(64(75)58-55-52-49-46-43-40-24-21-18-15-12-9-6-3)62-81-72-70(69(79)68(78)66(61-74)82-72)83-67(77)60-57-54-51-48-45-42-38-26-23-20-17-14-11-8-5-2/h8,11,14,17,20,23,26,38,55,58,63-66,68-70,72,74-76,78-79H,4-7,9-10,12-13,15-16,18-19,21-22,24-25,27-37,39-54,56-57,59-62H2,1-3H3,(H,73,80)/b11-8+,17-14+,23-20+,38-26-,58-55+. The van der Waals surface area contributed by atoms with Crippen LogP contribution in [0.2, 0.25) is 0 Å². The summed E-state index contributed by atoms with van der Waals surface area (Å²) in [5.74, 6) is -1.21. The van der Waals surface area contributed by atoms with Gasteiger partial charge < -0.3 is 45.1 Å². The SMILES string of the molecule is CC/C=C/C=C/C=C/C=C\CCCCCCCC(=O)OC1C(OCC(NC(=O)C(O)CCCCCCCCCCCCCCCCCCCCCCCCCCCC)C(O)/C=C/CCCCCCCCCCCCC)OC(CO)C(O)C1O. The maximum Gasteiger partial charge on any atom is 0.306 e. The van der Waals surface area contributed by atoms with Crippen molar-refractivity contribution in [2.24, 2.45) is 0 Å². The van der Waals surface area contributed by atoms with Gasteiger partial charge >= 0.3 is 5.97 Å². The van der Waals surface area contributed by atoms with Crippen molar-refractivity contribution in [1.82, 2.24) is 5.32 Å². The Kier molecular flexibility index (Phi) is 56.4. The highest BCUT2D eigenvalue weighted by Gasteiger charge is 2.47. The lowest BCUT2D eigenvalue weighted by Crippen LogP contribution is -2.61. The van der Waals surface area contributed by atoms with Crippen molar-refractivity contribution >= 4 is 11.9 Å². The molecule has 0 saturated carbocycles. The molecule has 1 aliphatic rings. The fourth-order valence-electron chi connectivity index (χ4n) is 11.0. The number of unbranched alkanes of at least 4 members (excludes halogenated alkanes) is 41. The maximum atomic E-state index is 13.5. The van der Waals surface area contributed by atoms with Crippen LogP contribution in [-0.2, 0) is 23.8 Å². The first-order valence-electron chi connectivity index (χ1n) is 35.1. The van der Waals surface area contributed by atoms with Crippen LogP contribution in [-0.4, -0.2) is 99.6 Å². The molecule has 11 nitrogen and oxygen atoms in total. The number of hydrogen-bond donors (Lipinski definition) is 6. The predicted molar refractivity (Wildman–Crippen MR) is 347 cm³/mol. The van der Waals surface area contributed by atoms with Crippen molar-refractivity contribution in [2.75, 3.05) is 13.2 Å². The molecule has 83 heavy (non-hydrogen) atoms. The first kappa shape index (κ1) is 78.4. The van der Waals surface area contributed by atoms with Crippen molar-refractivity contribution in [1.29, 1.82) is 0 Å². The Hall–Kier alpha value is -2.64. The monoisotopic (exact) mass is 1170 g/mol. The van der Waals surface area contributed by atoms with Gasteiger partial charge in [-0.25, -0.2) is 0 Å². The van der Waals surface area contributed by atoms with E-state index in [2.05, 4.69) is 44.3 Å². The molecule has 0 bridgehead atoms. The number of ether oxygens (including phenoxy) is 3. The minimum atomic E-state index is -1.62. The summed E-state index contributed by atoms with van der Waals surface area (Å²) in [5, 5.41) is 57.2. The minimum absolute atomic E-state index is 0.0972. The van der Waals surface area contributed by atoms with Crippen LogP contribution in [0.5, 0.6) is 0 Å². The third-order valence-corrected chi connectivity index (χ3v) is 16.5. The average Bonchev–Trinajstić information content (AvgIpc) is 3.54. The number of aliphatic hydroxyl groups excluding tert-OH is 5. The Morgan fingerprint density at radius 3 is 1.30 bits per heavy atom. The van der Waals surface area contributed by atoms with E-state index in [-0.39, 0.29) is 13.0 Å². The number of carbonyl (C=O) groups excluding carboxylic acids is 2. The van der Waals surface area contributed by atoms with E-state index >= 15 is 0 Å². The smallest absolute Gasteiger partial charge is 0.306 e. The van der Waals surface area contributed by atoms with Gasteiger partial charge in [0.25, 0.3) is 0 Å². The highest BCUT2D eigenvalue weighted by Crippen LogP contribution is 2.26. The fourth-order valence-corrected chi connectivity index (χ4v) is 11.0. The van der Waals surface area contributed by atoms with Gasteiger partial charge in [-0.3, -0.25) is 9.59 Å². The maximum absolute atomic E-state index is 13.5. The van der Waals surface area contributed by atoms with Crippen LogP contribution >= 0.6 is 0 Å². The topological polar surface area (TPSA) is 175 Å². The Morgan fingerprint density at radius 1 is 0.482 bits per heavy atom. The van der Waals surface area contributed by atoms with Crippen LogP contribution in [0.4, 0.5) is 0 Å². The first-order chi connectivity index (χ1) is 40.7. The molecule has 8 unspecified atom stereocenters. The van der Waals surface area contributed by atoms with Crippen LogP contribution in [0.1, 0.15) is 323 Å². The molecule has 1 heterocycles. The number of nitrogens with one attached hydrogen (secondary N) is 1. The van der Waals surface area contributed by atoms with Crippen molar-refractivity contribution in [3.8, 4) is 0 Å². The van der Waals surface area contributed by atoms with E-state index in [1.54, 1.807) is 6.08 Å².